The second-order valence-electron chi connectivity index (χ2n) is 5.64. The van der Waals surface area contributed by atoms with E-state index in [9.17, 15) is 9.90 Å². The van der Waals surface area contributed by atoms with Gasteiger partial charge in [0.1, 0.15) is 11.9 Å². The Labute approximate surface area is 119 Å². The van der Waals surface area contributed by atoms with Gasteiger partial charge in [0.25, 0.3) is 0 Å². The molecule has 0 fully saturated rings. The van der Waals surface area contributed by atoms with E-state index in [0.29, 0.717) is 17.9 Å². The van der Waals surface area contributed by atoms with Gasteiger partial charge in [-0.25, -0.2) is 0 Å². The average Bonchev–Trinajstić information content (AvgIpc) is 2.78. The minimum absolute atomic E-state index is 0.000861. The summed E-state index contributed by atoms with van der Waals surface area (Å²) in [4.78, 5) is 11.7. The van der Waals surface area contributed by atoms with Gasteiger partial charge in [0.2, 0.25) is 5.91 Å². The van der Waals surface area contributed by atoms with Crippen LogP contribution in [-0.2, 0) is 4.79 Å². The van der Waals surface area contributed by atoms with Gasteiger partial charge in [-0.05, 0) is 19.1 Å². The van der Waals surface area contributed by atoms with E-state index in [1.807, 2.05) is 6.92 Å². The average molecular weight is 285 g/mol. The molecule has 1 heterocycles. The molecule has 0 aliphatic rings. The molecule has 1 rings (SSSR count). The number of aliphatic hydroxyl groups excluding tert-OH is 1. The summed E-state index contributed by atoms with van der Waals surface area (Å²) in [6, 6.07) is 3.38. The maximum atomic E-state index is 11.7. The van der Waals surface area contributed by atoms with Crippen molar-refractivity contribution in [3.05, 3.63) is 24.2 Å². The fraction of sp³-hybridized carbons (Fsp3) is 0.643. The highest BCUT2D eigenvalue weighted by molar-refractivity contribution is 8.01. The van der Waals surface area contributed by atoms with Crippen LogP contribution >= 0.6 is 11.8 Å². The van der Waals surface area contributed by atoms with Crippen molar-refractivity contribution in [2.75, 3.05) is 5.75 Å². The van der Waals surface area contributed by atoms with Crippen LogP contribution in [0, 0.1) is 0 Å². The second-order valence-corrected chi connectivity index (χ2v) is 7.44. The van der Waals surface area contributed by atoms with Gasteiger partial charge in [0, 0.05) is 17.2 Å². The molecule has 108 valence electrons. The van der Waals surface area contributed by atoms with Crippen LogP contribution in [0.4, 0.5) is 0 Å². The lowest BCUT2D eigenvalue weighted by Gasteiger charge is -2.20. The lowest BCUT2D eigenvalue weighted by atomic mass is 10.1. The highest BCUT2D eigenvalue weighted by atomic mass is 32.2. The summed E-state index contributed by atoms with van der Waals surface area (Å²) in [5.74, 6) is 0.967. The zero-order chi connectivity index (χ0) is 14.5. The Morgan fingerprint density at radius 1 is 1.53 bits per heavy atom. The number of furan rings is 1. The number of nitrogens with one attached hydrogen (secondary N) is 1. The minimum atomic E-state index is -0.680. The van der Waals surface area contributed by atoms with Crippen molar-refractivity contribution >= 4 is 17.7 Å². The number of carbonyl (C=O) groups is 1. The molecule has 2 N–H and O–H groups in total. The first-order valence-corrected chi connectivity index (χ1v) is 7.41. The van der Waals surface area contributed by atoms with Crippen LogP contribution in [0.2, 0.25) is 0 Å². The fourth-order valence-corrected chi connectivity index (χ4v) is 2.24. The second kappa shape index (κ2) is 7.01. The van der Waals surface area contributed by atoms with Crippen molar-refractivity contribution in [2.24, 2.45) is 0 Å². The fourth-order valence-electron chi connectivity index (χ4n) is 1.59. The van der Waals surface area contributed by atoms with Gasteiger partial charge in [-0.1, -0.05) is 20.8 Å². The molecule has 0 bridgehead atoms. The zero-order valence-electron chi connectivity index (χ0n) is 12.0. The third-order valence-electron chi connectivity index (χ3n) is 2.49. The maximum absolute atomic E-state index is 11.7. The van der Waals surface area contributed by atoms with Crippen LogP contribution in [0.25, 0.3) is 0 Å². The van der Waals surface area contributed by atoms with E-state index >= 15 is 0 Å². The zero-order valence-corrected chi connectivity index (χ0v) is 12.8. The van der Waals surface area contributed by atoms with E-state index < -0.39 is 6.10 Å². The minimum Gasteiger partial charge on any atom is -0.467 e. The molecule has 0 aliphatic carbocycles. The molecule has 0 radical (unpaired) electrons. The van der Waals surface area contributed by atoms with E-state index in [-0.39, 0.29) is 16.7 Å². The van der Waals surface area contributed by atoms with E-state index in [1.165, 1.54) is 6.26 Å². The summed E-state index contributed by atoms with van der Waals surface area (Å²) in [6.07, 6.45) is 1.29. The Balaban J connectivity index is 2.31. The van der Waals surface area contributed by atoms with E-state index in [2.05, 4.69) is 26.1 Å². The largest absolute Gasteiger partial charge is 0.467 e. The summed E-state index contributed by atoms with van der Waals surface area (Å²) in [5, 5.41) is 12.8. The SMILES string of the molecule is CC(CC(O)c1ccco1)NC(=O)CSC(C)(C)C. The molecule has 0 saturated heterocycles. The predicted octanol–water partition coefficient (Wildman–Crippen LogP) is 2.74. The highest BCUT2D eigenvalue weighted by Gasteiger charge is 2.18. The van der Waals surface area contributed by atoms with Crippen molar-refractivity contribution in [1.82, 2.24) is 5.32 Å². The van der Waals surface area contributed by atoms with Gasteiger partial charge in [-0.2, -0.15) is 0 Å². The molecule has 1 aromatic heterocycles. The molecule has 1 amide bonds. The third-order valence-corrected chi connectivity index (χ3v) is 3.76. The Morgan fingerprint density at radius 2 is 2.21 bits per heavy atom. The van der Waals surface area contributed by atoms with E-state index in [1.54, 1.807) is 23.9 Å². The number of hydrogen-bond donors (Lipinski definition) is 2. The van der Waals surface area contributed by atoms with Gasteiger partial charge < -0.3 is 14.8 Å². The number of hydrogen-bond acceptors (Lipinski definition) is 4. The third kappa shape index (κ3) is 6.68. The summed E-state index contributed by atoms with van der Waals surface area (Å²) >= 11 is 1.61. The molecule has 1 aromatic rings. The maximum Gasteiger partial charge on any atom is 0.230 e. The topological polar surface area (TPSA) is 62.5 Å². The molecule has 0 saturated carbocycles. The number of carbonyl (C=O) groups excluding carboxylic acids is 1. The van der Waals surface area contributed by atoms with Crippen molar-refractivity contribution in [3.8, 4) is 0 Å². The van der Waals surface area contributed by atoms with Gasteiger partial charge in [0.15, 0.2) is 0 Å². The van der Waals surface area contributed by atoms with Crippen LogP contribution in [0.15, 0.2) is 22.8 Å². The molecule has 0 spiro atoms. The van der Waals surface area contributed by atoms with Gasteiger partial charge in [0.05, 0.1) is 12.0 Å². The monoisotopic (exact) mass is 285 g/mol. The number of aliphatic hydroxyl groups is 1. The first-order chi connectivity index (χ1) is 8.78. The van der Waals surface area contributed by atoms with Gasteiger partial charge in [-0.3, -0.25) is 4.79 Å². The Hall–Kier alpha value is -0.940. The Morgan fingerprint density at radius 3 is 2.74 bits per heavy atom. The van der Waals surface area contributed by atoms with Crippen molar-refractivity contribution < 1.29 is 14.3 Å². The van der Waals surface area contributed by atoms with Crippen molar-refractivity contribution in [3.63, 3.8) is 0 Å². The van der Waals surface area contributed by atoms with Crippen LogP contribution < -0.4 is 5.32 Å². The standard InChI is InChI=1S/C14H23NO3S/c1-10(8-11(16)12-6-5-7-18-12)15-13(17)9-19-14(2,3)4/h5-7,10-11,16H,8-9H2,1-4H3,(H,15,17). The first-order valence-electron chi connectivity index (χ1n) is 6.43. The summed E-state index contributed by atoms with van der Waals surface area (Å²) in [6.45, 7) is 8.12. The Bertz CT molecular complexity index is 384. The van der Waals surface area contributed by atoms with Crippen LogP contribution in [0.1, 0.15) is 46.0 Å². The predicted molar refractivity (Wildman–Crippen MR) is 78.1 cm³/mol. The lowest BCUT2D eigenvalue weighted by Crippen LogP contribution is -2.35. The van der Waals surface area contributed by atoms with Crippen molar-refractivity contribution in [2.45, 2.75) is 51.0 Å². The first kappa shape index (κ1) is 16.1. The van der Waals surface area contributed by atoms with Crippen LogP contribution in [0.3, 0.4) is 0 Å². The van der Waals surface area contributed by atoms with Crippen molar-refractivity contribution in [1.29, 1.82) is 0 Å². The van der Waals surface area contributed by atoms with E-state index in [0.717, 1.165) is 0 Å². The normalized spacial score (nSPS) is 15.0. The summed E-state index contributed by atoms with van der Waals surface area (Å²) in [7, 11) is 0. The van der Waals surface area contributed by atoms with Gasteiger partial charge in [-0.15, -0.1) is 11.8 Å². The lowest BCUT2D eigenvalue weighted by molar-refractivity contribution is -0.119. The van der Waals surface area contributed by atoms with E-state index in [4.69, 9.17) is 4.42 Å². The molecule has 2 unspecified atom stereocenters. The molecule has 0 aromatic carbocycles. The number of thioether (sulfide) groups is 1. The Kier molecular flexibility index (Phi) is 5.94. The molecule has 2 atom stereocenters. The molecule has 0 aliphatic heterocycles. The molecule has 19 heavy (non-hydrogen) atoms. The van der Waals surface area contributed by atoms with Gasteiger partial charge >= 0.3 is 0 Å². The highest BCUT2D eigenvalue weighted by Crippen LogP contribution is 2.23. The molecule has 4 nitrogen and oxygen atoms in total. The number of rotatable bonds is 6. The quantitative estimate of drug-likeness (QED) is 0.843. The van der Waals surface area contributed by atoms with Crippen LogP contribution in [0.5, 0.6) is 0 Å². The molecular weight excluding hydrogens is 262 g/mol. The summed E-state index contributed by atoms with van der Waals surface area (Å²) in [5.41, 5.74) is 0. The summed E-state index contributed by atoms with van der Waals surface area (Å²) < 4.78 is 5.20. The number of amides is 1. The molecular formula is C14H23NO3S. The smallest absolute Gasteiger partial charge is 0.230 e. The van der Waals surface area contributed by atoms with Crippen LogP contribution in [-0.4, -0.2) is 27.6 Å². The molecule has 5 heteroatoms.